The molecule has 0 aliphatic carbocycles. The monoisotopic (exact) mass is 272 g/mol. The second-order valence-corrected chi connectivity index (χ2v) is 4.85. The number of alkyl halides is 1. The fraction of sp³-hybridized carbons (Fsp3) is 0.300. The Balaban J connectivity index is 2.73. The quantitative estimate of drug-likeness (QED) is 0.726. The third kappa shape index (κ3) is 1.55. The van der Waals surface area contributed by atoms with E-state index in [2.05, 4.69) is 20.9 Å². The van der Waals surface area contributed by atoms with Gasteiger partial charge in [0.15, 0.2) is 0 Å². The smallest absolute Gasteiger partial charge is 0.127 e. The first-order valence-corrected chi connectivity index (χ1v) is 5.58. The average Bonchev–Trinajstić information content (AvgIpc) is 2.43. The number of halogens is 2. The number of nitrogens with zero attached hydrogens (tertiary/aromatic N) is 2. The summed E-state index contributed by atoms with van der Waals surface area (Å²) < 4.78 is 3.07. The van der Waals surface area contributed by atoms with Crippen molar-refractivity contribution in [2.24, 2.45) is 7.05 Å². The summed E-state index contributed by atoms with van der Waals surface area (Å²) in [5, 5.41) is -0.0637. The van der Waals surface area contributed by atoms with Gasteiger partial charge in [0.2, 0.25) is 0 Å². The first-order chi connectivity index (χ1) is 6.59. The second-order valence-electron chi connectivity index (χ2n) is 3.28. The van der Waals surface area contributed by atoms with Crippen molar-refractivity contribution in [2.75, 3.05) is 0 Å². The minimum atomic E-state index is -0.0637. The van der Waals surface area contributed by atoms with Crippen molar-refractivity contribution in [3.8, 4) is 0 Å². The van der Waals surface area contributed by atoms with Crippen LogP contribution in [0.4, 0.5) is 0 Å². The summed E-state index contributed by atoms with van der Waals surface area (Å²) in [6, 6.07) is 6.04. The van der Waals surface area contributed by atoms with E-state index in [9.17, 15) is 0 Å². The maximum atomic E-state index is 6.02. The van der Waals surface area contributed by atoms with E-state index >= 15 is 0 Å². The molecular weight excluding hydrogens is 263 g/mol. The molecule has 2 nitrogen and oxygen atoms in total. The minimum absolute atomic E-state index is 0.0637. The van der Waals surface area contributed by atoms with Gasteiger partial charge in [-0.2, -0.15) is 0 Å². The van der Waals surface area contributed by atoms with Crippen molar-refractivity contribution in [3.63, 3.8) is 0 Å². The zero-order chi connectivity index (χ0) is 10.3. The molecule has 0 spiro atoms. The Morgan fingerprint density at radius 2 is 2.21 bits per heavy atom. The van der Waals surface area contributed by atoms with E-state index in [0.29, 0.717) is 0 Å². The number of fused-ring (bicyclic) bond motifs is 1. The fourth-order valence-corrected chi connectivity index (χ4v) is 2.09. The number of benzene rings is 1. The lowest BCUT2D eigenvalue weighted by Crippen LogP contribution is -1.97. The lowest BCUT2D eigenvalue weighted by Gasteiger charge is -2.02. The van der Waals surface area contributed by atoms with Gasteiger partial charge in [-0.3, -0.25) is 0 Å². The van der Waals surface area contributed by atoms with E-state index in [0.717, 1.165) is 21.3 Å². The summed E-state index contributed by atoms with van der Waals surface area (Å²) in [5.41, 5.74) is 2.08. The van der Waals surface area contributed by atoms with Gasteiger partial charge in [-0.05, 0) is 25.1 Å². The van der Waals surface area contributed by atoms with Crippen LogP contribution in [0.2, 0.25) is 0 Å². The Morgan fingerprint density at radius 1 is 1.50 bits per heavy atom. The standard InChI is InChI=1S/C10H10BrClN2/c1-6(12)10-13-8-5-7(11)3-4-9(8)14(10)2/h3-6H,1-2H3. The summed E-state index contributed by atoms with van der Waals surface area (Å²) >= 11 is 9.45. The Kier molecular flexibility index (Phi) is 2.54. The molecule has 1 atom stereocenters. The van der Waals surface area contributed by atoms with Gasteiger partial charge in [-0.1, -0.05) is 15.9 Å². The zero-order valence-corrected chi connectivity index (χ0v) is 10.3. The molecule has 0 saturated carbocycles. The van der Waals surface area contributed by atoms with E-state index in [-0.39, 0.29) is 5.38 Å². The molecule has 1 unspecified atom stereocenters. The zero-order valence-electron chi connectivity index (χ0n) is 7.96. The van der Waals surface area contributed by atoms with Crippen LogP contribution < -0.4 is 0 Å². The largest absolute Gasteiger partial charge is 0.330 e. The predicted molar refractivity (Wildman–Crippen MR) is 62.7 cm³/mol. The topological polar surface area (TPSA) is 17.8 Å². The highest BCUT2D eigenvalue weighted by molar-refractivity contribution is 9.10. The number of aromatic nitrogens is 2. The van der Waals surface area contributed by atoms with Crippen molar-refractivity contribution < 1.29 is 0 Å². The van der Waals surface area contributed by atoms with Crippen LogP contribution in [0, 0.1) is 0 Å². The van der Waals surface area contributed by atoms with Crippen LogP contribution in [0.15, 0.2) is 22.7 Å². The Bertz CT molecular complexity index is 476. The molecule has 0 bridgehead atoms. The van der Waals surface area contributed by atoms with Gasteiger partial charge in [-0.25, -0.2) is 4.98 Å². The van der Waals surface area contributed by atoms with Crippen molar-refractivity contribution in [3.05, 3.63) is 28.5 Å². The van der Waals surface area contributed by atoms with Crippen molar-refractivity contribution >= 4 is 38.6 Å². The molecule has 0 amide bonds. The van der Waals surface area contributed by atoms with E-state index in [1.165, 1.54) is 0 Å². The minimum Gasteiger partial charge on any atom is -0.330 e. The molecule has 0 aliphatic heterocycles. The summed E-state index contributed by atoms with van der Waals surface area (Å²) in [4.78, 5) is 4.47. The lowest BCUT2D eigenvalue weighted by atomic mass is 10.3. The number of aryl methyl sites for hydroxylation is 1. The molecule has 0 radical (unpaired) electrons. The van der Waals surface area contributed by atoms with Gasteiger partial charge in [-0.15, -0.1) is 11.6 Å². The maximum Gasteiger partial charge on any atom is 0.127 e. The summed E-state index contributed by atoms with van der Waals surface area (Å²) in [6.07, 6.45) is 0. The molecule has 0 fully saturated rings. The summed E-state index contributed by atoms with van der Waals surface area (Å²) in [7, 11) is 1.98. The summed E-state index contributed by atoms with van der Waals surface area (Å²) in [6.45, 7) is 1.93. The van der Waals surface area contributed by atoms with Crippen molar-refractivity contribution in [2.45, 2.75) is 12.3 Å². The number of hydrogen-bond acceptors (Lipinski definition) is 1. The highest BCUT2D eigenvalue weighted by atomic mass is 79.9. The SMILES string of the molecule is CC(Cl)c1nc2cc(Br)ccc2n1C. The number of rotatable bonds is 1. The number of hydrogen-bond donors (Lipinski definition) is 0. The molecule has 0 N–H and O–H groups in total. The molecule has 74 valence electrons. The normalized spacial score (nSPS) is 13.4. The number of imidazole rings is 1. The molecule has 1 aromatic heterocycles. The van der Waals surface area contributed by atoms with Gasteiger partial charge < -0.3 is 4.57 Å². The van der Waals surface area contributed by atoms with Gasteiger partial charge in [0.25, 0.3) is 0 Å². The van der Waals surface area contributed by atoms with Crippen molar-refractivity contribution in [1.29, 1.82) is 0 Å². The molecule has 14 heavy (non-hydrogen) atoms. The van der Waals surface area contributed by atoms with Gasteiger partial charge in [0.1, 0.15) is 5.82 Å². The molecule has 0 aliphatic rings. The summed E-state index contributed by atoms with van der Waals surface area (Å²) in [5.74, 6) is 0.903. The second kappa shape index (κ2) is 3.55. The van der Waals surface area contributed by atoms with Crippen LogP contribution in [0.25, 0.3) is 11.0 Å². The molecular formula is C10H10BrClN2. The third-order valence-corrected chi connectivity index (χ3v) is 2.92. The Morgan fingerprint density at radius 3 is 2.86 bits per heavy atom. The van der Waals surface area contributed by atoms with Gasteiger partial charge in [0, 0.05) is 11.5 Å². The van der Waals surface area contributed by atoms with Crippen LogP contribution in [0.1, 0.15) is 18.1 Å². The van der Waals surface area contributed by atoms with Crippen LogP contribution in [0.5, 0.6) is 0 Å². The van der Waals surface area contributed by atoms with Crippen LogP contribution in [-0.2, 0) is 7.05 Å². The molecule has 1 heterocycles. The highest BCUT2D eigenvalue weighted by Gasteiger charge is 2.11. The Hall–Kier alpha value is -0.540. The van der Waals surface area contributed by atoms with Crippen LogP contribution >= 0.6 is 27.5 Å². The lowest BCUT2D eigenvalue weighted by molar-refractivity contribution is 0.812. The van der Waals surface area contributed by atoms with E-state index < -0.39 is 0 Å². The van der Waals surface area contributed by atoms with E-state index in [1.54, 1.807) is 0 Å². The van der Waals surface area contributed by atoms with Gasteiger partial charge in [0.05, 0.1) is 16.4 Å². The average molecular weight is 274 g/mol. The van der Waals surface area contributed by atoms with Crippen LogP contribution in [0.3, 0.4) is 0 Å². The maximum absolute atomic E-state index is 6.02. The van der Waals surface area contributed by atoms with Crippen LogP contribution in [-0.4, -0.2) is 9.55 Å². The molecule has 1 aromatic carbocycles. The highest BCUT2D eigenvalue weighted by Crippen LogP contribution is 2.25. The Labute approximate surface area is 96.0 Å². The fourth-order valence-electron chi connectivity index (χ4n) is 1.55. The van der Waals surface area contributed by atoms with E-state index in [4.69, 9.17) is 11.6 Å². The first kappa shape index (κ1) is 9.99. The molecule has 2 aromatic rings. The molecule has 0 saturated heterocycles. The molecule has 4 heteroatoms. The third-order valence-electron chi connectivity index (χ3n) is 2.23. The first-order valence-electron chi connectivity index (χ1n) is 4.35. The van der Waals surface area contributed by atoms with Gasteiger partial charge >= 0.3 is 0 Å². The van der Waals surface area contributed by atoms with Crippen molar-refractivity contribution in [1.82, 2.24) is 9.55 Å². The molecule has 2 rings (SSSR count). The van der Waals surface area contributed by atoms with E-state index in [1.807, 2.05) is 36.7 Å². The predicted octanol–water partition coefficient (Wildman–Crippen LogP) is 3.64.